The Morgan fingerprint density at radius 2 is 2.11 bits per heavy atom. The molecule has 0 bridgehead atoms. The minimum atomic E-state index is 0.290. The highest BCUT2D eigenvalue weighted by Crippen LogP contribution is 2.34. The van der Waals surface area contributed by atoms with E-state index < -0.39 is 0 Å². The van der Waals surface area contributed by atoms with Gasteiger partial charge in [-0.2, -0.15) is 0 Å². The number of anilines is 3. The lowest BCUT2D eigenvalue weighted by atomic mass is 10.1. The Balaban J connectivity index is 1.59. The summed E-state index contributed by atoms with van der Waals surface area (Å²) in [6.07, 6.45) is 2.00. The summed E-state index contributed by atoms with van der Waals surface area (Å²) in [5.74, 6) is 1.42. The van der Waals surface area contributed by atoms with Gasteiger partial charge in [0.2, 0.25) is 5.89 Å². The van der Waals surface area contributed by atoms with Crippen molar-refractivity contribution in [3.63, 3.8) is 0 Å². The molecule has 28 heavy (non-hydrogen) atoms. The van der Waals surface area contributed by atoms with Gasteiger partial charge in [0.1, 0.15) is 16.9 Å². The predicted octanol–water partition coefficient (Wildman–Crippen LogP) is 2.29. The number of hydrogen-bond acceptors (Lipinski definition) is 9. The first-order chi connectivity index (χ1) is 13.7. The Morgan fingerprint density at radius 1 is 1.25 bits per heavy atom. The smallest absolute Gasteiger partial charge is 0.229 e. The van der Waals surface area contributed by atoms with Gasteiger partial charge in [0.25, 0.3) is 0 Å². The van der Waals surface area contributed by atoms with Gasteiger partial charge in [0.05, 0.1) is 11.7 Å². The quantitative estimate of drug-likeness (QED) is 0.552. The van der Waals surface area contributed by atoms with Crippen LogP contribution in [-0.4, -0.2) is 53.5 Å². The van der Waals surface area contributed by atoms with Crippen LogP contribution in [0.15, 0.2) is 34.9 Å². The first-order valence-corrected chi connectivity index (χ1v) is 8.94. The van der Waals surface area contributed by atoms with Gasteiger partial charge in [0, 0.05) is 44.5 Å². The van der Waals surface area contributed by atoms with E-state index in [0.717, 1.165) is 35.2 Å². The topological polar surface area (TPSA) is 115 Å². The molecule has 1 saturated heterocycles. The molecule has 0 saturated carbocycles. The molecule has 5 rings (SSSR count). The van der Waals surface area contributed by atoms with Crippen molar-refractivity contribution in [2.75, 3.05) is 43.2 Å². The van der Waals surface area contributed by atoms with Gasteiger partial charge in [0.15, 0.2) is 11.4 Å². The van der Waals surface area contributed by atoms with Gasteiger partial charge in [-0.15, -0.1) is 10.2 Å². The zero-order valence-corrected chi connectivity index (χ0v) is 15.5. The lowest BCUT2D eigenvalue weighted by molar-refractivity contribution is 0.0788. The molecule has 3 N–H and O–H groups in total. The van der Waals surface area contributed by atoms with E-state index in [2.05, 4.69) is 30.4 Å². The van der Waals surface area contributed by atoms with Crippen LogP contribution in [0.5, 0.6) is 0 Å². The molecule has 1 aliphatic heterocycles. The number of aromatic nitrogens is 4. The molecule has 142 valence electrons. The number of pyridine rings is 1. The lowest BCUT2D eigenvalue weighted by Gasteiger charge is -2.39. The first kappa shape index (κ1) is 16.7. The Morgan fingerprint density at radius 3 is 2.89 bits per heavy atom. The number of nitrogens with zero attached hydrogens (tertiary/aromatic N) is 5. The first-order valence-electron chi connectivity index (χ1n) is 8.94. The number of ether oxygens (including phenoxy) is 1. The number of nitrogen functional groups attached to an aromatic ring is 1. The highest BCUT2D eigenvalue weighted by Gasteiger charge is 2.27. The number of benzene rings is 1. The molecule has 1 aliphatic rings. The summed E-state index contributed by atoms with van der Waals surface area (Å²) in [5, 5.41) is 11.9. The number of methoxy groups -OCH3 is 1. The van der Waals surface area contributed by atoms with Gasteiger partial charge in [-0.3, -0.25) is 0 Å². The maximum atomic E-state index is 6.00. The summed E-state index contributed by atoms with van der Waals surface area (Å²) in [4.78, 5) is 11.3. The third kappa shape index (κ3) is 2.59. The largest absolute Gasteiger partial charge is 0.436 e. The number of fused-ring (bicyclic) bond motifs is 2. The number of hydrogen-bond donors (Lipinski definition) is 2. The summed E-state index contributed by atoms with van der Waals surface area (Å²) in [6, 6.07) is 7.76. The van der Waals surface area contributed by atoms with Crippen molar-refractivity contribution in [3.8, 4) is 11.5 Å². The van der Waals surface area contributed by atoms with Crippen LogP contribution in [0.25, 0.3) is 33.5 Å². The van der Waals surface area contributed by atoms with Crippen LogP contribution in [0.2, 0.25) is 0 Å². The lowest BCUT2D eigenvalue weighted by Crippen LogP contribution is -2.51. The van der Waals surface area contributed by atoms with Crippen molar-refractivity contribution in [1.82, 2.24) is 20.2 Å². The fourth-order valence-electron chi connectivity index (χ4n) is 3.43. The Kier molecular flexibility index (Phi) is 3.76. The van der Waals surface area contributed by atoms with E-state index >= 15 is 0 Å². The van der Waals surface area contributed by atoms with E-state index in [-0.39, 0.29) is 0 Å². The second-order valence-electron chi connectivity index (χ2n) is 6.74. The van der Waals surface area contributed by atoms with Crippen LogP contribution in [0, 0.1) is 0 Å². The maximum Gasteiger partial charge on any atom is 0.229 e. The molecular weight excluding hydrogens is 358 g/mol. The molecule has 0 atom stereocenters. The summed E-state index contributed by atoms with van der Waals surface area (Å²) < 4.78 is 11.3. The molecule has 9 heteroatoms. The molecule has 9 nitrogen and oxygen atoms in total. The third-order valence-corrected chi connectivity index (χ3v) is 5.03. The number of oxazole rings is 1. The summed E-state index contributed by atoms with van der Waals surface area (Å²) >= 11 is 0. The number of nitrogens with two attached hydrogens (primary N) is 1. The molecule has 0 unspecified atom stereocenters. The minimum absolute atomic E-state index is 0.290. The second-order valence-corrected chi connectivity index (χ2v) is 6.74. The van der Waals surface area contributed by atoms with Crippen LogP contribution < -0.4 is 16.0 Å². The fourth-order valence-corrected chi connectivity index (χ4v) is 3.43. The normalized spacial score (nSPS) is 14.6. The van der Waals surface area contributed by atoms with Crippen LogP contribution >= 0.6 is 0 Å². The number of nitrogens with one attached hydrogen (secondary N) is 1. The van der Waals surface area contributed by atoms with Crippen molar-refractivity contribution in [3.05, 3.63) is 30.5 Å². The Bertz CT molecular complexity index is 1180. The molecular formula is C19H19N7O2. The van der Waals surface area contributed by atoms with Crippen molar-refractivity contribution in [2.45, 2.75) is 6.10 Å². The standard InChI is InChI=1S/C19H19N7O2/c1-21-18-17-12(6-16(20)24-25-17)13(7-22-18)19-23-14-5-10(3-4-15(14)28-19)26-8-11(9-26)27-2/h3-7,11H,8-9H2,1-2H3,(H2,20,24)(H,21,22). The third-order valence-electron chi connectivity index (χ3n) is 5.03. The Hall–Kier alpha value is -3.46. The van der Waals surface area contributed by atoms with E-state index in [1.165, 1.54) is 0 Å². The molecule has 0 aliphatic carbocycles. The van der Waals surface area contributed by atoms with Crippen LogP contribution in [-0.2, 0) is 4.74 Å². The average Bonchev–Trinajstić information content (AvgIpc) is 3.09. The van der Waals surface area contributed by atoms with Gasteiger partial charge < -0.3 is 25.1 Å². The zero-order valence-electron chi connectivity index (χ0n) is 15.5. The molecule has 4 heterocycles. The van der Waals surface area contributed by atoms with E-state index in [4.69, 9.17) is 14.9 Å². The van der Waals surface area contributed by atoms with Crippen molar-refractivity contribution < 1.29 is 9.15 Å². The van der Waals surface area contributed by atoms with Crippen LogP contribution in [0.1, 0.15) is 0 Å². The summed E-state index contributed by atoms with van der Waals surface area (Å²) in [7, 11) is 3.52. The molecule has 3 aromatic heterocycles. The molecule has 1 aromatic carbocycles. The Labute approximate surface area is 160 Å². The monoisotopic (exact) mass is 377 g/mol. The van der Waals surface area contributed by atoms with Crippen molar-refractivity contribution in [2.24, 2.45) is 0 Å². The zero-order chi connectivity index (χ0) is 19.3. The van der Waals surface area contributed by atoms with Crippen LogP contribution in [0.3, 0.4) is 0 Å². The van der Waals surface area contributed by atoms with Gasteiger partial charge in [-0.05, 0) is 24.3 Å². The molecule has 4 aromatic rings. The number of rotatable bonds is 4. The SMILES string of the molecule is CNc1ncc(-c2nc3cc(N4CC(OC)C4)ccc3o2)c2cc(N)nnc12. The average molecular weight is 377 g/mol. The van der Waals surface area contributed by atoms with E-state index in [9.17, 15) is 0 Å². The summed E-state index contributed by atoms with van der Waals surface area (Å²) in [6.45, 7) is 1.76. The predicted molar refractivity (Wildman–Crippen MR) is 107 cm³/mol. The molecule has 0 spiro atoms. The second kappa shape index (κ2) is 6.31. The highest BCUT2D eigenvalue weighted by molar-refractivity contribution is 5.99. The van der Waals surface area contributed by atoms with Gasteiger partial charge in [-0.1, -0.05) is 0 Å². The minimum Gasteiger partial charge on any atom is -0.436 e. The van der Waals surface area contributed by atoms with Crippen molar-refractivity contribution in [1.29, 1.82) is 0 Å². The van der Waals surface area contributed by atoms with Gasteiger partial charge in [-0.25, -0.2) is 9.97 Å². The molecule has 0 amide bonds. The maximum absolute atomic E-state index is 6.00. The van der Waals surface area contributed by atoms with E-state index in [1.807, 2.05) is 18.2 Å². The van der Waals surface area contributed by atoms with E-state index in [0.29, 0.717) is 34.7 Å². The fraction of sp³-hybridized carbons (Fsp3) is 0.263. The summed E-state index contributed by atoms with van der Waals surface area (Å²) in [5.41, 5.74) is 9.79. The van der Waals surface area contributed by atoms with E-state index in [1.54, 1.807) is 26.4 Å². The van der Waals surface area contributed by atoms with Crippen molar-refractivity contribution >= 4 is 39.3 Å². The van der Waals surface area contributed by atoms with Crippen LogP contribution in [0.4, 0.5) is 17.3 Å². The van der Waals surface area contributed by atoms with Gasteiger partial charge >= 0.3 is 0 Å². The molecule has 1 fully saturated rings. The molecule has 0 radical (unpaired) electrons. The highest BCUT2D eigenvalue weighted by atomic mass is 16.5.